The minimum absolute atomic E-state index is 0.0183. The van der Waals surface area contributed by atoms with Crippen LogP contribution in [-0.4, -0.2) is 65.0 Å². The van der Waals surface area contributed by atoms with Crippen LogP contribution in [0.1, 0.15) is 38.7 Å². The SMILES string of the molecule is C[C@@H]1CCC[C@H](C)N1CCNC(=O)[C@H]1[C@@H]2C=C[C@@]3(CN(Cc4ccccc4Cl)C(=O)[C@H]13)O2. The molecule has 1 aromatic carbocycles. The highest BCUT2D eigenvalue weighted by Crippen LogP contribution is 2.52. The fourth-order valence-electron chi connectivity index (χ4n) is 6.19. The second-order valence-corrected chi connectivity index (χ2v) is 10.3. The number of carbonyl (C=O) groups is 2. The Morgan fingerprint density at radius 3 is 2.75 bits per heavy atom. The third kappa shape index (κ3) is 3.66. The predicted molar refractivity (Wildman–Crippen MR) is 123 cm³/mol. The summed E-state index contributed by atoms with van der Waals surface area (Å²) in [4.78, 5) is 30.9. The maximum atomic E-state index is 13.4. The van der Waals surface area contributed by atoms with Crippen molar-refractivity contribution >= 4 is 23.4 Å². The molecule has 0 aliphatic carbocycles. The van der Waals surface area contributed by atoms with E-state index in [1.165, 1.54) is 19.3 Å². The number of nitrogens with zero attached hydrogens (tertiary/aromatic N) is 2. The van der Waals surface area contributed by atoms with Crippen LogP contribution < -0.4 is 5.32 Å². The van der Waals surface area contributed by atoms with Crippen LogP contribution in [0.4, 0.5) is 0 Å². The number of likely N-dealkylation sites (tertiary alicyclic amines) is 2. The molecule has 4 aliphatic rings. The number of nitrogens with one attached hydrogen (secondary N) is 1. The molecule has 4 aliphatic heterocycles. The van der Waals surface area contributed by atoms with E-state index in [4.69, 9.17) is 16.3 Å². The van der Waals surface area contributed by atoms with E-state index >= 15 is 0 Å². The van der Waals surface area contributed by atoms with Crippen molar-refractivity contribution in [3.8, 4) is 0 Å². The van der Waals surface area contributed by atoms with Crippen molar-refractivity contribution < 1.29 is 14.3 Å². The van der Waals surface area contributed by atoms with E-state index in [0.29, 0.717) is 36.7 Å². The van der Waals surface area contributed by atoms with Gasteiger partial charge in [0.25, 0.3) is 0 Å². The normalized spacial score (nSPS) is 36.0. The highest BCUT2D eigenvalue weighted by molar-refractivity contribution is 6.31. The van der Waals surface area contributed by atoms with Crippen LogP contribution in [0, 0.1) is 11.8 Å². The molecule has 1 spiro atoms. The number of benzene rings is 1. The summed E-state index contributed by atoms with van der Waals surface area (Å²) in [5.74, 6) is -1.03. The van der Waals surface area contributed by atoms with E-state index in [1.54, 1.807) is 4.90 Å². The van der Waals surface area contributed by atoms with E-state index in [9.17, 15) is 9.59 Å². The maximum absolute atomic E-state index is 13.4. The summed E-state index contributed by atoms with van der Waals surface area (Å²) >= 11 is 6.32. The van der Waals surface area contributed by atoms with Crippen molar-refractivity contribution in [2.24, 2.45) is 11.8 Å². The molecule has 0 aromatic heterocycles. The van der Waals surface area contributed by atoms with Gasteiger partial charge in [0.2, 0.25) is 11.8 Å². The van der Waals surface area contributed by atoms with Gasteiger partial charge in [0, 0.05) is 36.7 Å². The van der Waals surface area contributed by atoms with E-state index in [-0.39, 0.29) is 17.9 Å². The van der Waals surface area contributed by atoms with Gasteiger partial charge in [-0.05, 0) is 38.3 Å². The summed E-state index contributed by atoms with van der Waals surface area (Å²) in [7, 11) is 0. The molecule has 3 fully saturated rings. The lowest BCUT2D eigenvalue weighted by atomic mass is 9.77. The quantitative estimate of drug-likeness (QED) is 0.667. The fourth-order valence-corrected chi connectivity index (χ4v) is 6.38. The summed E-state index contributed by atoms with van der Waals surface area (Å²) in [5.41, 5.74) is 0.212. The second-order valence-electron chi connectivity index (χ2n) is 9.84. The highest BCUT2D eigenvalue weighted by Gasteiger charge is 2.66. The van der Waals surface area contributed by atoms with Crippen molar-refractivity contribution in [3.63, 3.8) is 0 Å². The zero-order valence-corrected chi connectivity index (χ0v) is 19.6. The number of halogens is 1. The Hall–Kier alpha value is -1.89. The van der Waals surface area contributed by atoms with Crippen LogP contribution in [0.15, 0.2) is 36.4 Å². The van der Waals surface area contributed by atoms with E-state index < -0.39 is 17.4 Å². The Morgan fingerprint density at radius 1 is 1.25 bits per heavy atom. The van der Waals surface area contributed by atoms with Gasteiger partial charge in [0.1, 0.15) is 5.60 Å². The van der Waals surface area contributed by atoms with Crippen molar-refractivity contribution in [1.29, 1.82) is 0 Å². The minimum Gasteiger partial charge on any atom is -0.360 e. The van der Waals surface area contributed by atoms with Crippen LogP contribution in [0.3, 0.4) is 0 Å². The molecule has 6 nitrogen and oxygen atoms in total. The number of rotatable bonds is 6. The Labute approximate surface area is 194 Å². The first-order chi connectivity index (χ1) is 15.4. The Kier molecular flexibility index (Phi) is 5.81. The molecule has 2 bridgehead atoms. The van der Waals surface area contributed by atoms with E-state index in [2.05, 4.69) is 24.1 Å². The maximum Gasteiger partial charge on any atom is 0.230 e. The van der Waals surface area contributed by atoms with Crippen molar-refractivity contribution in [2.45, 2.75) is 63.4 Å². The molecule has 5 rings (SSSR count). The molecular weight excluding hydrogens is 426 g/mol. The Morgan fingerprint density at radius 2 is 2.00 bits per heavy atom. The summed E-state index contributed by atoms with van der Waals surface area (Å²) < 4.78 is 6.24. The number of hydrogen-bond acceptors (Lipinski definition) is 4. The molecule has 3 saturated heterocycles. The molecule has 0 radical (unpaired) electrons. The molecule has 7 heteroatoms. The highest BCUT2D eigenvalue weighted by atomic mass is 35.5. The summed E-state index contributed by atoms with van der Waals surface area (Å²) in [6, 6.07) is 8.65. The Bertz CT molecular complexity index is 927. The molecule has 4 heterocycles. The molecule has 6 atom stereocenters. The molecule has 1 N–H and O–H groups in total. The molecule has 172 valence electrons. The van der Waals surface area contributed by atoms with Gasteiger partial charge in [0.05, 0.1) is 24.5 Å². The number of fused-ring (bicyclic) bond motifs is 1. The molecule has 2 amide bonds. The topological polar surface area (TPSA) is 61.9 Å². The first-order valence-electron chi connectivity index (χ1n) is 11.8. The third-order valence-corrected chi connectivity index (χ3v) is 8.21. The average molecular weight is 458 g/mol. The Balaban J connectivity index is 1.25. The van der Waals surface area contributed by atoms with Gasteiger partial charge >= 0.3 is 0 Å². The second kappa shape index (κ2) is 8.47. The summed E-state index contributed by atoms with van der Waals surface area (Å²) in [6.45, 7) is 6.85. The van der Waals surface area contributed by atoms with Crippen LogP contribution in [0.5, 0.6) is 0 Å². The number of hydrogen-bond donors (Lipinski definition) is 1. The van der Waals surface area contributed by atoms with Gasteiger partial charge in [-0.1, -0.05) is 48.4 Å². The van der Waals surface area contributed by atoms with Crippen molar-refractivity contribution in [1.82, 2.24) is 15.1 Å². The van der Waals surface area contributed by atoms with Crippen LogP contribution in [0.2, 0.25) is 5.02 Å². The predicted octanol–water partition coefficient (Wildman–Crippen LogP) is 3.00. The van der Waals surface area contributed by atoms with Crippen LogP contribution in [-0.2, 0) is 20.9 Å². The lowest BCUT2D eigenvalue weighted by Crippen LogP contribution is -2.49. The largest absolute Gasteiger partial charge is 0.360 e. The lowest BCUT2D eigenvalue weighted by Gasteiger charge is -2.39. The summed E-state index contributed by atoms with van der Waals surface area (Å²) in [6.07, 6.45) is 7.33. The lowest BCUT2D eigenvalue weighted by molar-refractivity contribution is -0.137. The monoisotopic (exact) mass is 457 g/mol. The zero-order chi connectivity index (χ0) is 22.5. The van der Waals surface area contributed by atoms with Crippen LogP contribution >= 0.6 is 11.6 Å². The first kappa shape index (κ1) is 21.9. The number of ether oxygens (including phenoxy) is 1. The first-order valence-corrected chi connectivity index (χ1v) is 12.2. The van der Waals surface area contributed by atoms with Crippen LogP contribution in [0.25, 0.3) is 0 Å². The number of carbonyl (C=O) groups excluding carboxylic acids is 2. The van der Waals surface area contributed by atoms with Crippen molar-refractivity contribution in [3.05, 3.63) is 47.0 Å². The molecule has 32 heavy (non-hydrogen) atoms. The van der Waals surface area contributed by atoms with Crippen molar-refractivity contribution in [2.75, 3.05) is 19.6 Å². The molecule has 0 saturated carbocycles. The van der Waals surface area contributed by atoms with Gasteiger partial charge in [-0.2, -0.15) is 0 Å². The fraction of sp³-hybridized carbons (Fsp3) is 0.600. The van der Waals surface area contributed by atoms with Gasteiger partial charge in [0.15, 0.2) is 0 Å². The van der Waals surface area contributed by atoms with Gasteiger partial charge in [-0.15, -0.1) is 0 Å². The van der Waals surface area contributed by atoms with E-state index in [1.807, 2.05) is 36.4 Å². The average Bonchev–Trinajstić information content (AvgIpc) is 3.40. The minimum atomic E-state index is -0.694. The van der Waals surface area contributed by atoms with Gasteiger partial charge in [-0.25, -0.2) is 0 Å². The molecule has 0 unspecified atom stereocenters. The zero-order valence-electron chi connectivity index (χ0n) is 18.8. The number of amides is 2. The van der Waals surface area contributed by atoms with E-state index in [0.717, 1.165) is 12.1 Å². The standard InChI is InChI=1S/C25H32ClN3O3/c1-16-6-5-7-17(2)29(16)13-12-27-23(30)21-20-10-11-25(32-20)15-28(24(31)22(21)25)14-18-8-3-4-9-19(18)26/h3-4,8-11,16-17,20-22H,5-7,12-15H2,1-2H3,(H,27,30)/t16-,17+,20-,21-,22-,25-/m0/s1. The van der Waals surface area contributed by atoms with Gasteiger partial charge in [-0.3, -0.25) is 14.5 Å². The van der Waals surface area contributed by atoms with Gasteiger partial charge < -0.3 is 15.0 Å². The molecular formula is C25H32ClN3O3. The third-order valence-electron chi connectivity index (χ3n) is 7.85. The molecule has 1 aromatic rings. The smallest absolute Gasteiger partial charge is 0.230 e. The number of piperidine rings is 1. The summed E-state index contributed by atoms with van der Waals surface area (Å²) in [5, 5.41) is 3.76.